The van der Waals surface area contributed by atoms with Gasteiger partial charge in [-0.25, -0.2) is 0 Å². The molecule has 4 aromatic rings. The summed E-state index contributed by atoms with van der Waals surface area (Å²) in [5.74, 6) is -0.779. The van der Waals surface area contributed by atoms with Crippen molar-refractivity contribution in [3.05, 3.63) is 82.7 Å². The average Bonchev–Trinajstić information content (AvgIpc) is 3.49. The van der Waals surface area contributed by atoms with Gasteiger partial charge in [0, 0.05) is 29.2 Å². The molecule has 2 aromatic heterocycles. The van der Waals surface area contributed by atoms with Crippen molar-refractivity contribution in [1.29, 1.82) is 0 Å². The highest BCUT2D eigenvalue weighted by Crippen LogP contribution is 2.21. The van der Waals surface area contributed by atoms with E-state index in [0.717, 1.165) is 16.5 Å². The van der Waals surface area contributed by atoms with E-state index in [1.165, 1.54) is 11.3 Å². The van der Waals surface area contributed by atoms with Crippen LogP contribution in [0.4, 0.5) is 5.69 Å². The number of para-hydroxylation sites is 1. The van der Waals surface area contributed by atoms with E-state index < -0.39 is 11.9 Å². The predicted octanol–water partition coefficient (Wildman–Crippen LogP) is 3.07. The maximum atomic E-state index is 13.2. The number of hydrogen-bond acceptors (Lipinski definition) is 5. The molecule has 5 N–H and O–H groups in total. The number of nitrogens with two attached hydrogens (primary N) is 1. The lowest BCUT2D eigenvalue weighted by Gasteiger charge is -2.18. The molecule has 1 atom stereocenters. The molecular weight excluding hydrogens is 440 g/mol. The highest BCUT2D eigenvalue weighted by molar-refractivity contribution is 7.12. The van der Waals surface area contributed by atoms with Crippen molar-refractivity contribution >= 4 is 45.6 Å². The Bertz CT molecular complexity index is 1270. The molecule has 0 aliphatic carbocycles. The Kier molecular flexibility index (Phi) is 6.70. The van der Waals surface area contributed by atoms with Crippen LogP contribution in [0.2, 0.25) is 0 Å². The van der Waals surface area contributed by atoms with Gasteiger partial charge in [-0.2, -0.15) is 0 Å². The van der Waals surface area contributed by atoms with Crippen LogP contribution in [0.25, 0.3) is 10.9 Å². The van der Waals surface area contributed by atoms with E-state index in [2.05, 4.69) is 15.6 Å². The summed E-state index contributed by atoms with van der Waals surface area (Å²) in [6, 6.07) is 17.0. The zero-order chi connectivity index (χ0) is 23.2. The van der Waals surface area contributed by atoms with Gasteiger partial charge in [0.2, 0.25) is 5.91 Å². The van der Waals surface area contributed by atoms with Crippen molar-refractivity contribution < 1.29 is 19.1 Å². The molecule has 168 valence electrons. The summed E-state index contributed by atoms with van der Waals surface area (Å²) in [4.78, 5) is 40.4. The Morgan fingerprint density at radius 2 is 1.82 bits per heavy atom. The van der Waals surface area contributed by atoms with E-state index in [4.69, 9.17) is 10.5 Å². The number of hydrogen-bond donors (Lipinski definition) is 4. The molecule has 2 heterocycles. The van der Waals surface area contributed by atoms with Crippen LogP contribution in [0.1, 0.15) is 15.2 Å². The van der Waals surface area contributed by atoms with E-state index in [1.807, 2.05) is 35.8 Å². The van der Waals surface area contributed by atoms with E-state index in [1.54, 1.807) is 36.4 Å². The number of carbonyl (C=O) groups excluding carboxylic acids is 3. The lowest BCUT2D eigenvalue weighted by Crippen LogP contribution is -2.45. The number of aromatic nitrogens is 1. The first kappa shape index (κ1) is 22.1. The molecule has 1 unspecified atom stereocenters. The fraction of sp³-hybridized carbons (Fsp3) is 0.125. The monoisotopic (exact) mass is 462 g/mol. The highest BCUT2D eigenvalue weighted by Gasteiger charge is 2.24. The topological polar surface area (TPSA) is 126 Å². The Morgan fingerprint density at radius 1 is 1.03 bits per heavy atom. The zero-order valence-corrected chi connectivity index (χ0v) is 18.4. The summed E-state index contributed by atoms with van der Waals surface area (Å²) in [7, 11) is 0. The van der Waals surface area contributed by atoms with Gasteiger partial charge in [-0.1, -0.05) is 24.3 Å². The molecule has 0 bridgehead atoms. The molecule has 0 aliphatic heterocycles. The number of aromatic amines is 1. The minimum atomic E-state index is -0.801. The molecule has 2 aromatic carbocycles. The smallest absolute Gasteiger partial charge is 0.262 e. The van der Waals surface area contributed by atoms with Crippen molar-refractivity contribution in [1.82, 2.24) is 10.3 Å². The lowest BCUT2D eigenvalue weighted by atomic mass is 10.0. The van der Waals surface area contributed by atoms with Crippen LogP contribution in [0.5, 0.6) is 5.75 Å². The number of fused-ring (bicyclic) bond motifs is 1. The largest absolute Gasteiger partial charge is 0.484 e. The number of H-pyrrole nitrogens is 1. The number of amides is 3. The lowest BCUT2D eigenvalue weighted by molar-refractivity contribution is -0.120. The maximum Gasteiger partial charge on any atom is 0.262 e. The number of rotatable bonds is 9. The van der Waals surface area contributed by atoms with Crippen molar-refractivity contribution in [3.63, 3.8) is 0 Å². The summed E-state index contributed by atoms with van der Waals surface area (Å²) in [6.07, 6.45) is 2.17. The number of thiophene rings is 1. The fourth-order valence-corrected chi connectivity index (χ4v) is 4.01. The van der Waals surface area contributed by atoms with E-state index in [0.29, 0.717) is 22.7 Å². The molecule has 33 heavy (non-hydrogen) atoms. The Morgan fingerprint density at radius 3 is 2.55 bits per heavy atom. The van der Waals surface area contributed by atoms with Crippen molar-refractivity contribution in [2.45, 2.75) is 12.5 Å². The fourth-order valence-electron chi connectivity index (χ4n) is 3.39. The van der Waals surface area contributed by atoms with Gasteiger partial charge in [0.05, 0.1) is 4.88 Å². The quantitative estimate of drug-likeness (QED) is 0.305. The Labute approximate surface area is 193 Å². The standard InChI is InChI=1S/C24H22N4O4S/c25-22(29)14-32-17-9-7-16(8-10-17)27-23(30)20(28-24(31)21-6-3-11-33-21)12-15-13-26-19-5-2-1-4-18(15)19/h1-11,13,20,26H,12,14H2,(H2,25,29)(H,27,30)(H,28,31). The molecule has 0 saturated heterocycles. The second-order valence-electron chi connectivity index (χ2n) is 7.34. The predicted molar refractivity (Wildman–Crippen MR) is 127 cm³/mol. The first-order valence-electron chi connectivity index (χ1n) is 10.2. The molecule has 3 amide bonds. The van der Waals surface area contributed by atoms with Gasteiger partial charge < -0.3 is 26.1 Å². The molecule has 0 fully saturated rings. The second-order valence-corrected chi connectivity index (χ2v) is 8.28. The van der Waals surface area contributed by atoms with Gasteiger partial charge in [-0.05, 0) is 47.3 Å². The number of nitrogens with one attached hydrogen (secondary N) is 3. The third-order valence-corrected chi connectivity index (χ3v) is 5.84. The number of ether oxygens (including phenoxy) is 1. The van der Waals surface area contributed by atoms with Crippen LogP contribution in [0, 0.1) is 0 Å². The molecule has 4 rings (SSSR count). The highest BCUT2D eigenvalue weighted by atomic mass is 32.1. The van der Waals surface area contributed by atoms with Gasteiger partial charge in [-0.15, -0.1) is 11.3 Å². The summed E-state index contributed by atoms with van der Waals surface area (Å²) < 4.78 is 5.23. The van der Waals surface area contributed by atoms with E-state index >= 15 is 0 Å². The molecule has 9 heteroatoms. The normalized spacial score (nSPS) is 11.6. The van der Waals surface area contributed by atoms with Crippen molar-refractivity contribution in [2.24, 2.45) is 5.73 Å². The van der Waals surface area contributed by atoms with Gasteiger partial charge in [0.1, 0.15) is 11.8 Å². The Hall–Kier alpha value is -4.11. The van der Waals surface area contributed by atoms with Crippen LogP contribution in [0.3, 0.4) is 0 Å². The van der Waals surface area contributed by atoms with Gasteiger partial charge in [0.15, 0.2) is 6.61 Å². The SMILES string of the molecule is NC(=O)COc1ccc(NC(=O)C(Cc2c[nH]c3ccccc23)NC(=O)c2cccs2)cc1. The maximum absolute atomic E-state index is 13.2. The summed E-state index contributed by atoms with van der Waals surface area (Å²) in [6.45, 7) is -0.229. The minimum absolute atomic E-state index is 0.229. The third kappa shape index (κ3) is 5.58. The van der Waals surface area contributed by atoms with Gasteiger partial charge in [-0.3, -0.25) is 14.4 Å². The second kappa shape index (κ2) is 10.0. The van der Waals surface area contributed by atoms with E-state index in [-0.39, 0.29) is 18.4 Å². The van der Waals surface area contributed by atoms with Crippen LogP contribution < -0.4 is 21.1 Å². The third-order valence-electron chi connectivity index (χ3n) is 4.97. The zero-order valence-electron chi connectivity index (χ0n) is 17.5. The first-order chi connectivity index (χ1) is 16.0. The summed E-state index contributed by atoms with van der Waals surface area (Å²) in [5.41, 5.74) is 7.49. The molecule has 0 aliphatic rings. The van der Waals surface area contributed by atoms with Crippen LogP contribution in [0.15, 0.2) is 72.2 Å². The molecule has 0 saturated carbocycles. The van der Waals surface area contributed by atoms with Gasteiger partial charge >= 0.3 is 0 Å². The number of benzene rings is 2. The van der Waals surface area contributed by atoms with Crippen molar-refractivity contribution in [2.75, 3.05) is 11.9 Å². The molecule has 8 nitrogen and oxygen atoms in total. The number of primary amides is 1. The number of anilines is 1. The van der Waals surface area contributed by atoms with Gasteiger partial charge in [0.25, 0.3) is 11.8 Å². The van der Waals surface area contributed by atoms with Crippen molar-refractivity contribution in [3.8, 4) is 5.75 Å². The summed E-state index contributed by atoms with van der Waals surface area (Å²) in [5, 5.41) is 8.50. The first-order valence-corrected chi connectivity index (χ1v) is 11.1. The average molecular weight is 463 g/mol. The van der Waals surface area contributed by atoms with Crippen LogP contribution >= 0.6 is 11.3 Å². The molecule has 0 spiro atoms. The summed E-state index contributed by atoms with van der Waals surface area (Å²) >= 11 is 1.31. The minimum Gasteiger partial charge on any atom is -0.484 e. The molecule has 0 radical (unpaired) electrons. The molecular formula is C24H22N4O4S. The number of carbonyl (C=O) groups is 3. The van der Waals surface area contributed by atoms with E-state index in [9.17, 15) is 14.4 Å². The van der Waals surface area contributed by atoms with Crippen LogP contribution in [-0.4, -0.2) is 35.4 Å². The Balaban J connectivity index is 1.51. The van der Waals surface area contributed by atoms with Crippen LogP contribution in [-0.2, 0) is 16.0 Å².